The number of hydrogen-bond donors (Lipinski definition) is 0. The van der Waals surface area contributed by atoms with E-state index in [1.54, 1.807) is 0 Å². The second-order valence-corrected chi connectivity index (χ2v) is 8.78. The van der Waals surface area contributed by atoms with Crippen molar-refractivity contribution in [2.24, 2.45) is 5.41 Å². The molecule has 2 unspecified atom stereocenters. The van der Waals surface area contributed by atoms with E-state index >= 15 is 0 Å². The van der Waals surface area contributed by atoms with Crippen LogP contribution >= 0.6 is 0 Å². The first-order valence-electron chi connectivity index (χ1n) is 9.00. The van der Waals surface area contributed by atoms with Gasteiger partial charge in [0.1, 0.15) is 0 Å². The molecule has 0 bridgehead atoms. The molecule has 126 valence electrons. The molecule has 2 aliphatic rings. The molecule has 1 aromatic carbocycles. The topological polar surface area (TPSA) is 16.1 Å². The van der Waals surface area contributed by atoms with Crippen LogP contribution in [0.25, 0.3) is 0 Å². The molecule has 0 radical (unpaired) electrons. The molecule has 4 rings (SSSR count). The highest BCUT2D eigenvalue weighted by Crippen LogP contribution is 2.67. The van der Waals surface area contributed by atoms with Crippen LogP contribution in [-0.4, -0.2) is 4.98 Å². The smallest absolute Gasteiger partial charge is 0.0710 e. The van der Waals surface area contributed by atoms with Crippen molar-refractivity contribution < 1.29 is 0 Å². The van der Waals surface area contributed by atoms with E-state index < -0.39 is 0 Å². The van der Waals surface area contributed by atoms with Gasteiger partial charge in [0, 0.05) is 22.9 Å². The largest absolute Gasteiger partial charge is 0.353 e. The van der Waals surface area contributed by atoms with Gasteiger partial charge in [-0.15, -0.1) is 0 Å². The molecule has 2 heteroatoms. The molecule has 0 N–H and O–H groups in total. The summed E-state index contributed by atoms with van der Waals surface area (Å²) in [6, 6.07) is 11.5. The van der Waals surface area contributed by atoms with Crippen LogP contribution in [-0.2, 0) is 11.0 Å². The van der Waals surface area contributed by atoms with Crippen molar-refractivity contribution in [3.63, 3.8) is 0 Å². The molecule has 0 saturated heterocycles. The number of fused-ring (bicyclic) bond motifs is 5. The van der Waals surface area contributed by atoms with Crippen molar-refractivity contribution >= 4 is 5.69 Å². The van der Waals surface area contributed by atoms with Crippen LogP contribution in [0.4, 0.5) is 5.69 Å². The van der Waals surface area contributed by atoms with Gasteiger partial charge in [-0.25, -0.2) is 0 Å². The maximum absolute atomic E-state index is 4.78. The van der Waals surface area contributed by atoms with Gasteiger partial charge >= 0.3 is 0 Å². The molecule has 0 amide bonds. The van der Waals surface area contributed by atoms with E-state index in [4.69, 9.17) is 4.98 Å². The summed E-state index contributed by atoms with van der Waals surface area (Å²) in [6.07, 6.45) is 1.94. The number of nitrogens with zero attached hydrogens (tertiary/aromatic N) is 2. The lowest BCUT2D eigenvalue weighted by molar-refractivity contribution is 0.0652. The van der Waals surface area contributed by atoms with Crippen molar-refractivity contribution in [2.45, 2.75) is 65.5 Å². The molecule has 2 nitrogen and oxygen atoms in total. The third kappa shape index (κ3) is 1.46. The van der Waals surface area contributed by atoms with E-state index in [-0.39, 0.29) is 16.4 Å². The van der Waals surface area contributed by atoms with Gasteiger partial charge in [0.15, 0.2) is 0 Å². The molecular formula is C22H28N2. The van der Waals surface area contributed by atoms with Gasteiger partial charge in [0.2, 0.25) is 0 Å². The number of rotatable bonds is 0. The summed E-state index contributed by atoms with van der Waals surface area (Å²) in [5, 5.41) is 0. The van der Waals surface area contributed by atoms with Gasteiger partial charge in [0.25, 0.3) is 0 Å². The first kappa shape index (κ1) is 15.7. The Morgan fingerprint density at radius 2 is 1.62 bits per heavy atom. The zero-order chi connectivity index (χ0) is 17.5. The van der Waals surface area contributed by atoms with Crippen LogP contribution in [0, 0.1) is 12.3 Å². The number of para-hydroxylation sites is 1. The number of benzene rings is 1. The number of anilines is 1. The van der Waals surface area contributed by atoms with Crippen molar-refractivity contribution in [2.75, 3.05) is 4.90 Å². The van der Waals surface area contributed by atoms with E-state index in [1.807, 2.05) is 6.20 Å². The highest BCUT2D eigenvalue weighted by Gasteiger charge is 2.64. The number of pyridine rings is 1. The summed E-state index contributed by atoms with van der Waals surface area (Å²) in [5.74, 6) is 0. The lowest BCUT2D eigenvalue weighted by Gasteiger charge is -2.62. The SMILES string of the molecule is Cc1cccc2c1N1C(C)c3ncccc3C1(C)C(C)(C)C2(C)C. The van der Waals surface area contributed by atoms with E-state index in [0.29, 0.717) is 6.04 Å². The Balaban J connectivity index is 2.15. The average molecular weight is 320 g/mol. The first-order valence-corrected chi connectivity index (χ1v) is 9.00. The first-order chi connectivity index (χ1) is 11.2. The normalized spacial score (nSPS) is 29.0. The Morgan fingerprint density at radius 1 is 0.958 bits per heavy atom. The van der Waals surface area contributed by atoms with Crippen LogP contribution < -0.4 is 4.90 Å². The monoisotopic (exact) mass is 320 g/mol. The van der Waals surface area contributed by atoms with Crippen molar-refractivity contribution in [3.8, 4) is 0 Å². The van der Waals surface area contributed by atoms with Gasteiger partial charge in [-0.3, -0.25) is 4.98 Å². The minimum atomic E-state index is -0.0708. The maximum atomic E-state index is 4.78. The van der Waals surface area contributed by atoms with Crippen LogP contribution in [0.15, 0.2) is 36.5 Å². The Morgan fingerprint density at radius 3 is 2.33 bits per heavy atom. The molecule has 0 saturated carbocycles. The van der Waals surface area contributed by atoms with Gasteiger partial charge in [-0.05, 0) is 43.4 Å². The van der Waals surface area contributed by atoms with Crippen molar-refractivity contribution in [3.05, 3.63) is 58.9 Å². The third-order valence-electron chi connectivity index (χ3n) is 7.56. The van der Waals surface area contributed by atoms with Crippen LogP contribution in [0.3, 0.4) is 0 Å². The number of aromatic nitrogens is 1. The van der Waals surface area contributed by atoms with Gasteiger partial charge in [-0.1, -0.05) is 52.0 Å². The third-order valence-corrected chi connectivity index (χ3v) is 7.56. The molecule has 2 atom stereocenters. The summed E-state index contributed by atoms with van der Waals surface area (Å²) < 4.78 is 0. The van der Waals surface area contributed by atoms with E-state index in [9.17, 15) is 0 Å². The second-order valence-electron chi connectivity index (χ2n) is 8.78. The Labute approximate surface area is 145 Å². The molecular weight excluding hydrogens is 292 g/mol. The van der Waals surface area contributed by atoms with Crippen molar-refractivity contribution in [1.29, 1.82) is 0 Å². The minimum Gasteiger partial charge on any atom is -0.353 e. The molecule has 0 aliphatic carbocycles. The molecule has 24 heavy (non-hydrogen) atoms. The van der Waals surface area contributed by atoms with Crippen LogP contribution in [0.5, 0.6) is 0 Å². The fourth-order valence-electron chi connectivity index (χ4n) is 5.28. The molecule has 3 heterocycles. The zero-order valence-corrected chi connectivity index (χ0v) is 15.9. The van der Waals surface area contributed by atoms with E-state index in [0.717, 1.165) is 0 Å². The summed E-state index contributed by atoms with van der Waals surface area (Å²) in [6.45, 7) is 16.7. The average Bonchev–Trinajstić information content (AvgIpc) is 2.77. The number of aryl methyl sites for hydroxylation is 1. The fourth-order valence-corrected chi connectivity index (χ4v) is 5.28. The zero-order valence-electron chi connectivity index (χ0n) is 15.9. The van der Waals surface area contributed by atoms with E-state index in [2.05, 4.69) is 83.7 Å². The Hall–Kier alpha value is -1.83. The van der Waals surface area contributed by atoms with Gasteiger partial charge in [-0.2, -0.15) is 0 Å². The molecule has 2 aromatic rings. The lowest BCUT2D eigenvalue weighted by Crippen LogP contribution is -2.62. The summed E-state index contributed by atoms with van der Waals surface area (Å²) >= 11 is 0. The molecule has 0 fully saturated rings. The molecule has 0 spiro atoms. The fraction of sp³-hybridized carbons (Fsp3) is 0.500. The molecule has 2 aliphatic heterocycles. The van der Waals surface area contributed by atoms with Gasteiger partial charge in [0.05, 0.1) is 17.3 Å². The summed E-state index contributed by atoms with van der Waals surface area (Å²) in [7, 11) is 0. The predicted molar refractivity (Wildman–Crippen MR) is 100 cm³/mol. The predicted octanol–water partition coefficient (Wildman–Crippen LogP) is 5.50. The lowest BCUT2D eigenvalue weighted by atomic mass is 9.51. The van der Waals surface area contributed by atoms with Crippen LogP contribution in [0.1, 0.15) is 70.0 Å². The second kappa shape index (κ2) is 4.41. The highest BCUT2D eigenvalue weighted by molar-refractivity contribution is 5.71. The number of hydrogen-bond acceptors (Lipinski definition) is 2. The summed E-state index contributed by atoms with van der Waals surface area (Å²) in [4.78, 5) is 7.44. The van der Waals surface area contributed by atoms with E-state index in [1.165, 1.54) is 28.1 Å². The standard InChI is InChI=1S/C22H28N2/c1-14-10-8-11-17-19(14)24-15(2)18-16(12-9-13-23-18)22(24,7)21(5,6)20(17,3)4/h8-13,15H,1-7H3. The highest BCUT2D eigenvalue weighted by atomic mass is 15.3. The Kier molecular flexibility index (Phi) is 2.88. The van der Waals surface area contributed by atoms with Crippen LogP contribution in [0.2, 0.25) is 0 Å². The summed E-state index contributed by atoms with van der Waals surface area (Å²) in [5.41, 5.74) is 6.92. The maximum Gasteiger partial charge on any atom is 0.0710 e. The Bertz CT molecular complexity index is 834. The van der Waals surface area contributed by atoms with Crippen molar-refractivity contribution in [1.82, 2.24) is 4.98 Å². The van der Waals surface area contributed by atoms with Gasteiger partial charge < -0.3 is 4.90 Å². The molecule has 1 aromatic heterocycles. The quantitative estimate of drug-likeness (QED) is 0.637. The minimum absolute atomic E-state index is 0.0589.